The lowest BCUT2D eigenvalue weighted by molar-refractivity contribution is -0.120. The second-order valence-electron chi connectivity index (χ2n) is 5.84. The summed E-state index contributed by atoms with van der Waals surface area (Å²) < 4.78 is 0. The highest BCUT2D eigenvalue weighted by Gasteiger charge is 2.12. The Labute approximate surface area is 156 Å². The van der Waals surface area contributed by atoms with Crippen molar-refractivity contribution in [3.8, 4) is 5.75 Å². The number of hydrogen-bond donors (Lipinski definition) is 3. The Kier molecular flexibility index (Phi) is 6.74. The third kappa shape index (κ3) is 5.60. The number of para-hydroxylation sites is 1. The lowest BCUT2D eigenvalue weighted by Gasteiger charge is -2.07. The van der Waals surface area contributed by atoms with E-state index < -0.39 is 5.91 Å². The van der Waals surface area contributed by atoms with Gasteiger partial charge in [0.25, 0.3) is 5.91 Å². The molecule has 2 amide bonds. The molecule has 0 aliphatic rings. The average Bonchev–Trinajstić information content (AvgIpc) is 2.61. The molecule has 2 rings (SSSR count). The number of hydrazone groups is 1. The van der Waals surface area contributed by atoms with Gasteiger partial charge in [-0.25, -0.2) is 5.43 Å². The molecule has 6 nitrogen and oxygen atoms in total. The zero-order valence-corrected chi connectivity index (χ0v) is 15.3. The highest BCUT2D eigenvalue weighted by molar-refractivity contribution is 6.30. The van der Waals surface area contributed by atoms with Crippen molar-refractivity contribution < 1.29 is 14.7 Å². The van der Waals surface area contributed by atoms with E-state index in [2.05, 4.69) is 15.8 Å². The molecule has 0 radical (unpaired) electrons. The summed E-state index contributed by atoms with van der Waals surface area (Å²) in [6, 6.07) is 12.0. The SMILES string of the molecule is C/C(CC(=O)NCc1ccc(Cl)cc1)=N\NC(=O)c1cccc(C)c1O. The minimum atomic E-state index is -0.535. The first-order valence-corrected chi connectivity index (χ1v) is 8.38. The van der Waals surface area contributed by atoms with Crippen LogP contribution >= 0.6 is 11.6 Å². The van der Waals surface area contributed by atoms with E-state index in [9.17, 15) is 14.7 Å². The number of hydrogen-bond acceptors (Lipinski definition) is 4. The molecule has 0 aliphatic heterocycles. The highest BCUT2D eigenvalue weighted by Crippen LogP contribution is 2.21. The number of phenols is 1. The van der Waals surface area contributed by atoms with Crippen molar-refractivity contribution in [1.29, 1.82) is 0 Å². The Bertz CT molecular complexity index is 832. The highest BCUT2D eigenvalue weighted by atomic mass is 35.5. The van der Waals surface area contributed by atoms with E-state index in [-0.39, 0.29) is 23.6 Å². The number of rotatable bonds is 6. The van der Waals surface area contributed by atoms with Gasteiger partial charge in [-0.15, -0.1) is 0 Å². The zero-order valence-electron chi connectivity index (χ0n) is 14.5. The quantitative estimate of drug-likeness (QED) is 0.536. The molecule has 0 unspecified atom stereocenters. The molecule has 0 aliphatic carbocycles. The van der Waals surface area contributed by atoms with Crippen molar-refractivity contribution in [1.82, 2.24) is 10.7 Å². The lowest BCUT2D eigenvalue weighted by Crippen LogP contribution is -2.26. The van der Waals surface area contributed by atoms with Crippen LogP contribution in [0.5, 0.6) is 5.75 Å². The monoisotopic (exact) mass is 373 g/mol. The van der Waals surface area contributed by atoms with Crippen molar-refractivity contribution in [2.45, 2.75) is 26.8 Å². The first-order chi connectivity index (χ1) is 12.4. The number of nitrogens with zero attached hydrogens (tertiary/aromatic N) is 1. The Hall–Kier alpha value is -2.86. The Morgan fingerprint density at radius 2 is 1.85 bits per heavy atom. The topological polar surface area (TPSA) is 90.8 Å². The van der Waals surface area contributed by atoms with Gasteiger partial charge in [0.1, 0.15) is 5.75 Å². The average molecular weight is 374 g/mol. The summed E-state index contributed by atoms with van der Waals surface area (Å²) in [5, 5.41) is 17.2. The van der Waals surface area contributed by atoms with Crippen LogP contribution in [0.15, 0.2) is 47.6 Å². The van der Waals surface area contributed by atoms with Gasteiger partial charge in [0.2, 0.25) is 5.91 Å². The number of halogens is 1. The van der Waals surface area contributed by atoms with Crippen LogP contribution in [0.1, 0.15) is 34.8 Å². The molecule has 2 aromatic rings. The van der Waals surface area contributed by atoms with Crippen molar-refractivity contribution >= 4 is 29.1 Å². The van der Waals surface area contributed by atoms with Crippen LogP contribution in [0.4, 0.5) is 0 Å². The molecule has 136 valence electrons. The van der Waals surface area contributed by atoms with Crippen LogP contribution in [-0.2, 0) is 11.3 Å². The standard InChI is InChI=1S/C19H20ClN3O3/c1-12-4-3-5-16(18(12)25)19(26)23-22-13(2)10-17(24)21-11-14-6-8-15(20)9-7-14/h3-9,25H,10-11H2,1-2H3,(H,21,24)(H,23,26)/b22-13+. The van der Waals surface area contributed by atoms with Crippen LogP contribution in [0.25, 0.3) is 0 Å². The number of nitrogens with one attached hydrogen (secondary N) is 2. The van der Waals surface area contributed by atoms with Gasteiger partial charge in [0.05, 0.1) is 12.0 Å². The van der Waals surface area contributed by atoms with Gasteiger partial charge in [0.15, 0.2) is 0 Å². The van der Waals surface area contributed by atoms with E-state index in [0.717, 1.165) is 5.56 Å². The van der Waals surface area contributed by atoms with Crippen LogP contribution in [-0.4, -0.2) is 22.6 Å². The van der Waals surface area contributed by atoms with Crippen molar-refractivity contribution in [3.05, 3.63) is 64.2 Å². The summed E-state index contributed by atoms with van der Waals surface area (Å²) in [4.78, 5) is 24.0. The van der Waals surface area contributed by atoms with E-state index >= 15 is 0 Å². The molecular formula is C19H20ClN3O3. The molecule has 0 heterocycles. The van der Waals surface area contributed by atoms with Crippen LogP contribution in [0.3, 0.4) is 0 Å². The summed E-state index contributed by atoms with van der Waals surface area (Å²) in [5.41, 5.74) is 4.45. The van der Waals surface area contributed by atoms with Crippen molar-refractivity contribution in [2.75, 3.05) is 0 Å². The second-order valence-corrected chi connectivity index (χ2v) is 6.28. The maximum Gasteiger partial charge on any atom is 0.275 e. The minimum Gasteiger partial charge on any atom is -0.507 e. The Balaban J connectivity index is 1.85. The molecule has 26 heavy (non-hydrogen) atoms. The van der Waals surface area contributed by atoms with Gasteiger partial charge in [-0.05, 0) is 43.2 Å². The first-order valence-electron chi connectivity index (χ1n) is 8.00. The zero-order chi connectivity index (χ0) is 19.1. The lowest BCUT2D eigenvalue weighted by atomic mass is 10.1. The molecule has 2 aromatic carbocycles. The molecule has 3 N–H and O–H groups in total. The van der Waals surface area contributed by atoms with Crippen molar-refractivity contribution in [2.24, 2.45) is 5.10 Å². The van der Waals surface area contributed by atoms with E-state index in [4.69, 9.17) is 11.6 Å². The van der Waals surface area contributed by atoms with Crippen LogP contribution in [0.2, 0.25) is 5.02 Å². The summed E-state index contributed by atoms with van der Waals surface area (Å²) in [7, 11) is 0. The molecule has 0 fully saturated rings. The van der Waals surface area contributed by atoms with Gasteiger partial charge in [-0.1, -0.05) is 35.9 Å². The van der Waals surface area contributed by atoms with E-state index in [1.807, 2.05) is 12.1 Å². The van der Waals surface area contributed by atoms with E-state index in [1.165, 1.54) is 6.07 Å². The smallest absolute Gasteiger partial charge is 0.275 e. The van der Waals surface area contributed by atoms with Crippen molar-refractivity contribution in [3.63, 3.8) is 0 Å². The Morgan fingerprint density at radius 3 is 2.54 bits per heavy atom. The number of amides is 2. The number of aromatic hydroxyl groups is 1. The maximum absolute atomic E-state index is 12.1. The van der Waals surface area contributed by atoms with Gasteiger partial charge in [-0.3, -0.25) is 9.59 Å². The van der Waals surface area contributed by atoms with E-state index in [1.54, 1.807) is 38.1 Å². The number of carbonyl (C=O) groups is 2. The summed E-state index contributed by atoms with van der Waals surface area (Å²) in [6.45, 7) is 3.72. The third-order valence-electron chi connectivity index (χ3n) is 3.65. The molecular weight excluding hydrogens is 354 g/mol. The maximum atomic E-state index is 12.1. The number of carbonyl (C=O) groups excluding carboxylic acids is 2. The third-order valence-corrected chi connectivity index (χ3v) is 3.90. The summed E-state index contributed by atoms with van der Waals surface area (Å²) >= 11 is 5.81. The number of aryl methyl sites for hydroxylation is 1. The fourth-order valence-electron chi connectivity index (χ4n) is 2.19. The van der Waals surface area contributed by atoms with Gasteiger partial charge < -0.3 is 10.4 Å². The molecule has 0 aromatic heterocycles. The molecule has 0 saturated carbocycles. The molecule has 0 atom stereocenters. The minimum absolute atomic E-state index is 0.0493. The fraction of sp³-hybridized carbons (Fsp3) is 0.211. The predicted molar refractivity (Wildman–Crippen MR) is 101 cm³/mol. The molecule has 0 bridgehead atoms. The number of benzene rings is 2. The molecule has 7 heteroatoms. The fourth-order valence-corrected chi connectivity index (χ4v) is 2.31. The number of phenolic OH excluding ortho intramolecular Hbond substituents is 1. The van der Waals surface area contributed by atoms with Gasteiger partial charge in [-0.2, -0.15) is 5.10 Å². The first kappa shape index (κ1) is 19.5. The Morgan fingerprint density at radius 1 is 1.15 bits per heavy atom. The van der Waals surface area contributed by atoms with Crippen LogP contribution < -0.4 is 10.7 Å². The second kappa shape index (κ2) is 9.01. The largest absolute Gasteiger partial charge is 0.507 e. The van der Waals surface area contributed by atoms with E-state index in [0.29, 0.717) is 22.8 Å². The molecule has 0 spiro atoms. The summed E-state index contributed by atoms with van der Waals surface area (Å²) in [5.74, 6) is -0.834. The predicted octanol–water partition coefficient (Wildman–Crippen LogP) is 3.17. The normalized spacial score (nSPS) is 11.1. The summed E-state index contributed by atoms with van der Waals surface area (Å²) in [6.07, 6.45) is 0.0493. The van der Waals surface area contributed by atoms with Gasteiger partial charge >= 0.3 is 0 Å². The van der Waals surface area contributed by atoms with Gasteiger partial charge in [0, 0.05) is 17.3 Å². The molecule has 0 saturated heterocycles. The van der Waals surface area contributed by atoms with Crippen LogP contribution in [0, 0.1) is 6.92 Å².